The molecule has 6 heteroatoms. The fourth-order valence-corrected chi connectivity index (χ4v) is 1.99. The van der Waals surface area contributed by atoms with Crippen molar-refractivity contribution in [2.45, 2.75) is 46.2 Å². The first-order chi connectivity index (χ1) is 8.53. The Balaban J connectivity index is 4.78. The number of hydrogen-bond acceptors (Lipinski definition) is 4. The van der Waals surface area contributed by atoms with Crippen molar-refractivity contribution in [2.24, 2.45) is 17.6 Å². The molecule has 3 N–H and O–H groups in total. The molecule has 0 unspecified atom stereocenters. The van der Waals surface area contributed by atoms with Gasteiger partial charge in [-0.15, -0.1) is 0 Å². The van der Waals surface area contributed by atoms with Crippen LogP contribution in [0, 0.1) is 11.8 Å². The molecular weight excluding hydrogens is 264 g/mol. The molecule has 0 saturated heterocycles. The van der Waals surface area contributed by atoms with Crippen molar-refractivity contribution >= 4 is 15.7 Å². The van der Waals surface area contributed by atoms with Gasteiger partial charge in [0.25, 0.3) is 0 Å². The highest BCUT2D eigenvalue weighted by molar-refractivity contribution is 7.93. The Kier molecular flexibility index (Phi) is 7.29. The Morgan fingerprint density at radius 2 is 1.79 bits per heavy atom. The van der Waals surface area contributed by atoms with Crippen LogP contribution in [-0.2, 0) is 14.6 Å². The summed E-state index contributed by atoms with van der Waals surface area (Å²) < 4.78 is 22.3. The monoisotopic (exact) mass is 290 g/mol. The van der Waals surface area contributed by atoms with Gasteiger partial charge >= 0.3 is 0 Å². The van der Waals surface area contributed by atoms with Crippen molar-refractivity contribution in [1.82, 2.24) is 5.32 Å². The average molecular weight is 290 g/mol. The number of carbonyl (C=O) groups excluding carboxylic acids is 1. The van der Waals surface area contributed by atoms with E-state index in [1.54, 1.807) is 0 Å². The molecule has 2 atom stereocenters. The third-order valence-electron chi connectivity index (χ3n) is 2.63. The van der Waals surface area contributed by atoms with Crippen molar-refractivity contribution in [2.75, 3.05) is 6.26 Å². The second-order valence-electron chi connectivity index (χ2n) is 5.67. The summed E-state index contributed by atoms with van der Waals surface area (Å²) in [5, 5.41) is 3.91. The second kappa shape index (κ2) is 7.65. The molecule has 0 aromatic rings. The van der Waals surface area contributed by atoms with Gasteiger partial charge in [0.2, 0.25) is 5.91 Å². The molecule has 0 saturated carbocycles. The van der Waals surface area contributed by atoms with Crippen LogP contribution in [0.4, 0.5) is 0 Å². The van der Waals surface area contributed by atoms with Crippen LogP contribution in [0.3, 0.4) is 0 Å². The van der Waals surface area contributed by atoms with Gasteiger partial charge in [0, 0.05) is 17.7 Å². The van der Waals surface area contributed by atoms with Crippen LogP contribution in [0.1, 0.15) is 34.1 Å². The van der Waals surface area contributed by atoms with Crippen molar-refractivity contribution in [3.8, 4) is 0 Å². The van der Waals surface area contributed by atoms with Crippen molar-refractivity contribution < 1.29 is 13.2 Å². The second-order valence-corrected chi connectivity index (χ2v) is 7.60. The number of rotatable bonds is 7. The minimum atomic E-state index is -3.19. The van der Waals surface area contributed by atoms with E-state index in [1.165, 1.54) is 6.08 Å². The van der Waals surface area contributed by atoms with Crippen molar-refractivity contribution in [3.63, 3.8) is 0 Å². The van der Waals surface area contributed by atoms with Gasteiger partial charge in [-0.3, -0.25) is 4.79 Å². The summed E-state index contributed by atoms with van der Waals surface area (Å²) in [6.45, 7) is 7.76. The highest BCUT2D eigenvalue weighted by Gasteiger charge is 2.20. The summed E-state index contributed by atoms with van der Waals surface area (Å²) in [6.07, 6.45) is 3.31. The molecule has 0 radical (unpaired) electrons. The van der Waals surface area contributed by atoms with E-state index in [0.29, 0.717) is 12.3 Å². The first kappa shape index (κ1) is 18.1. The Morgan fingerprint density at radius 1 is 1.26 bits per heavy atom. The summed E-state index contributed by atoms with van der Waals surface area (Å²) in [4.78, 5) is 11.9. The molecular formula is C13H26N2O3S. The van der Waals surface area contributed by atoms with E-state index in [0.717, 1.165) is 11.7 Å². The van der Waals surface area contributed by atoms with Crippen molar-refractivity contribution in [3.05, 3.63) is 11.5 Å². The van der Waals surface area contributed by atoms with E-state index in [2.05, 4.69) is 5.32 Å². The molecule has 0 aliphatic rings. The van der Waals surface area contributed by atoms with Crippen LogP contribution in [-0.4, -0.2) is 32.7 Å². The summed E-state index contributed by atoms with van der Waals surface area (Å²) >= 11 is 0. The van der Waals surface area contributed by atoms with Crippen LogP contribution in [0.5, 0.6) is 0 Å². The first-order valence-corrected chi connectivity index (χ1v) is 8.42. The third-order valence-corrected chi connectivity index (χ3v) is 3.28. The zero-order valence-corrected chi connectivity index (χ0v) is 13.2. The van der Waals surface area contributed by atoms with E-state index < -0.39 is 15.9 Å². The van der Waals surface area contributed by atoms with Crippen LogP contribution in [0.2, 0.25) is 0 Å². The topological polar surface area (TPSA) is 89.3 Å². The lowest BCUT2D eigenvalue weighted by Gasteiger charge is -2.21. The number of carbonyl (C=O) groups is 1. The molecule has 19 heavy (non-hydrogen) atoms. The standard InChI is InChI=1S/C13H26N2O3S/c1-9(2)8-11(6-7-19(5,17)18)15-13(16)12(14)10(3)4/h6-7,9-12H,8,14H2,1-5H3,(H,15,16)/b7-6+/t11-,12+/m1/s1. The Morgan fingerprint density at radius 3 is 2.16 bits per heavy atom. The van der Waals surface area contributed by atoms with Crippen LogP contribution in [0.15, 0.2) is 11.5 Å². The highest BCUT2D eigenvalue weighted by atomic mass is 32.2. The number of sulfone groups is 1. The number of nitrogens with one attached hydrogen (secondary N) is 1. The average Bonchev–Trinajstić information content (AvgIpc) is 2.22. The lowest BCUT2D eigenvalue weighted by molar-refractivity contribution is -0.123. The normalized spacial score (nSPS) is 16.0. The lowest BCUT2D eigenvalue weighted by Crippen LogP contribution is -2.47. The van der Waals surface area contributed by atoms with Gasteiger partial charge in [0.05, 0.1) is 6.04 Å². The molecule has 0 aliphatic carbocycles. The molecule has 0 heterocycles. The van der Waals surface area contributed by atoms with E-state index in [1.807, 2.05) is 27.7 Å². The third kappa shape index (κ3) is 8.77. The summed E-state index contributed by atoms with van der Waals surface area (Å²) in [5.41, 5.74) is 5.77. The maximum Gasteiger partial charge on any atom is 0.237 e. The first-order valence-electron chi connectivity index (χ1n) is 6.47. The van der Waals surface area contributed by atoms with Gasteiger partial charge < -0.3 is 11.1 Å². The maximum atomic E-state index is 11.9. The molecule has 0 aromatic heterocycles. The van der Waals surface area contributed by atoms with Crippen LogP contribution < -0.4 is 11.1 Å². The fraction of sp³-hybridized carbons (Fsp3) is 0.769. The minimum absolute atomic E-state index is 0.0404. The van der Waals surface area contributed by atoms with Gasteiger partial charge in [-0.1, -0.05) is 33.8 Å². The molecule has 1 amide bonds. The summed E-state index contributed by atoms with van der Waals surface area (Å²) in [6, 6.07) is -0.895. The van der Waals surface area contributed by atoms with E-state index in [4.69, 9.17) is 5.73 Å². The highest BCUT2D eigenvalue weighted by Crippen LogP contribution is 2.08. The Hall–Kier alpha value is -0.880. The van der Waals surface area contributed by atoms with Gasteiger partial charge in [0.1, 0.15) is 0 Å². The van der Waals surface area contributed by atoms with Gasteiger partial charge in [-0.25, -0.2) is 8.42 Å². The quantitative estimate of drug-likeness (QED) is 0.733. The van der Waals surface area contributed by atoms with Gasteiger partial charge in [-0.05, 0) is 18.3 Å². The molecule has 5 nitrogen and oxygen atoms in total. The van der Waals surface area contributed by atoms with Gasteiger partial charge in [0.15, 0.2) is 9.84 Å². The molecule has 0 spiro atoms. The number of amides is 1. The Bertz CT molecular complexity index is 414. The predicted octanol–water partition coefficient (Wildman–Crippen LogP) is 1.06. The van der Waals surface area contributed by atoms with E-state index in [9.17, 15) is 13.2 Å². The lowest BCUT2D eigenvalue weighted by atomic mass is 10.0. The SMILES string of the molecule is CC(C)C[C@@H](/C=C/S(C)(=O)=O)NC(=O)[C@@H](N)C(C)C. The van der Waals surface area contributed by atoms with Crippen molar-refractivity contribution in [1.29, 1.82) is 0 Å². The molecule has 0 bridgehead atoms. The smallest absolute Gasteiger partial charge is 0.237 e. The summed E-state index contributed by atoms with van der Waals surface area (Å²) in [7, 11) is -3.19. The number of nitrogens with two attached hydrogens (primary N) is 1. The fourth-order valence-electron chi connectivity index (χ4n) is 1.51. The molecule has 0 fully saturated rings. The molecule has 0 aliphatic heterocycles. The largest absolute Gasteiger partial charge is 0.349 e. The maximum absolute atomic E-state index is 11.9. The van der Waals surface area contributed by atoms with E-state index in [-0.39, 0.29) is 17.9 Å². The zero-order chi connectivity index (χ0) is 15.2. The van der Waals surface area contributed by atoms with Gasteiger partial charge in [-0.2, -0.15) is 0 Å². The molecule has 112 valence electrons. The predicted molar refractivity (Wildman–Crippen MR) is 78.2 cm³/mol. The zero-order valence-electron chi connectivity index (χ0n) is 12.4. The molecule has 0 aromatic carbocycles. The summed E-state index contributed by atoms with van der Waals surface area (Å²) in [5.74, 6) is 0.127. The van der Waals surface area contributed by atoms with Crippen LogP contribution >= 0.6 is 0 Å². The minimum Gasteiger partial charge on any atom is -0.349 e. The van der Waals surface area contributed by atoms with Crippen LogP contribution in [0.25, 0.3) is 0 Å². The molecule has 0 rings (SSSR count). The Labute approximate surface area is 116 Å². The van der Waals surface area contributed by atoms with E-state index >= 15 is 0 Å². The number of hydrogen-bond donors (Lipinski definition) is 2.